The molecular weight excluding hydrogens is 469 g/mol. The van der Waals surface area contributed by atoms with Gasteiger partial charge in [-0.15, -0.1) is 0 Å². The van der Waals surface area contributed by atoms with E-state index in [-0.39, 0.29) is 30.3 Å². The van der Waals surface area contributed by atoms with E-state index in [1.165, 1.54) is 0 Å². The number of rotatable bonds is 5. The Hall–Kier alpha value is -2.05. The van der Waals surface area contributed by atoms with Gasteiger partial charge in [0.25, 0.3) is 5.91 Å². The Morgan fingerprint density at radius 1 is 1.09 bits per heavy atom. The Kier molecular flexibility index (Phi) is 7.11. The van der Waals surface area contributed by atoms with Crippen LogP contribution in [-0.2, 0) is 7.05 Å². The monoisotopic (exact) mass is 491 g/mol. The van der Waals surface area contributed by atoms with Crippen molar-refractivity contribution in [2.24, 2.45) is 13.0 Å². The SMILES string of the molecule is Cn1c(C(=O)N[C@@H]2CCCC[C@H]2CO)nc(-c2ccc(Cl)cc2Cl)c1-c1ccc(Cl)cc1. The van der Waals surface area contributed by atoms with E-state index in [0.717, 1.165) is 36.9 Å². The number of aromatic nitrogens is 2. The number of halogens is 3. The van der Waals surface area contributed by atoms with Gasteiger partial charge >= 0.3 is 0 Å². The number of nitrogens with one attached hydrogen (secondary N) is 1. The van der Waals surface area contributed by atoms with E-state index in [4.69, 9.17) is 39.8 Å². The number of benzene rings is 2. The quantitative estimate of drug-likeness (QED) is 0.459. The molecule has 1 amide bonds. The van der Waals surface area contributed by atoms with Gasteiger partial charge < -0.3 is 15.0 Å². The third-order valence-corrected chi connectivity index (χ3v) is 6.86. The molecule has 3 aromatic rings. The van der Waals surface area contributed by atoms with E-state index in [9.17, 15) is 9.90 Å². The molecule has 2 atom stereocenters. The fourth-order valence-electron chi connectivity index (χ4n) is 4.36. The van der Waals surface area contributed by atoms with Gasteiger partial charge in [0, 0.05) is 46.8 Å². The van der Waals surface area contributed by atoms with Crippen molar-refractivity contribution < 1.29 is 9.90 Å². The smallest absolute Gasteiger partial charge is 0.287 e. The van der Waals surface area contributed by atoms with E-state index in [1.807, 2.05) is 19.2 Å². The zero-order valence-corrected chi connectivity index (χ0v) is 19.9. The van der Waals surface area contributed by atoms with Gasteiger partial charge in [0.1, 0.15) is 0 Å². The Morgan fingerprint density at radius 3 is 2.47 bits per heavy atom. The first-order valence-electron chi connectivity index (χ1n) is 10.6. The van der Waals surface area contributed by atoms with Crippen molar-refractivity contribution in [2.75, 3.05) is 6.61 Å². The van der Waals surface area contributed by atoms with Crippen LogP contribution in [0.3, 0.4) is 0 Å². The second-order valence-corrected chi connectivity index (χ2v) is 9.41. The summed E-state index contributed by atoms with van der Waals surface area (Å²) in [6.45, 7) is 0.0627. The third-order valence-electron chi connectivity index (χ3n) is 6.06. The molecule has 1 aromatic heterocycles. The van der Waals surface area contributed by atoms with Crippen LogP contribution in [0.25, 0.3) is 22.5 Å². The molecule has 1 aliphatic rings. The molecule has 0 aliphatic heterocycles. The Balaban J connectivity index is 1.78. The van der Waals surface area contributed by atoms with Gasteiger partial charge in [0.15, 0.2) is 5.82 Å². The maximum absolute atomic E-state index is 13.3. The van der Waals surface area contributed by atoms with Crippen LogP contribution in [-0.4, -0.2) is 33.2 Å². The lowest BCUT2D eigenvalue weighted by molar-refractivity contribution is 0.0859. The molecular formula is C24H24Cl3N3O2. The molecule has 0 spiro atoms. The second kappa shape index (κ2) is 9.84. The molecule has 2 N–H and O–H groups in total. The lowest BCUT2D eigenvalue weighted by Crippen LogP contribution is -2.44. The number of nitrogens with zero attached hydrogens (tertiary/aromatic N) is 2. The molecule has 2 aromatic carbocycles. The summed E-state index contributed by atoms with van der Waals surface area (Å²) in [5.41, 5.74) is 2.87. The Bertz CT molecular complexity index is 1130. The number of carbonyl (C=O) groups is 1. The largest absolute Gasteiger partial charge is 0.396 e. The minimum absolute atomic E-state index is 0.0627. The van der Waals surface area contributed by atoms with Crippen LogP contribution < -0.4 is 5.32 Å². The van der Waals surface area contributed by atoms with Gasteiger partial charge in [-0.2, -0.15) is 0 Å². The maximum atomic E-state index is 13.3. The van der Waals surface area contributed by atoms with Crippen molar-refractivity contribution in [1.29, 1.82) is 0 Å². The molecule has 4 rings (SSSR count). The fourth-order valence-corrected chi connectivity index (χ4v) is 4.98. The summed E-state index contributed by atoms with van der Waals surface area (Å²) in [6, 6.07) is 12.5. The van der Waals surface area contributed by atoms with E-state index < -0.39 is 0 Å². The predicted octanol–water partition coefficient (Wildman–Crippen LogP) is 6.00. The van der Waals surface area contributed by atoms with Crippen LogP contribution in [0.1, 0.15) is 36.3 Å². The lowest BCUT2D eigenvalue weighted by Gasteiger charge is -2.30. The summed E-state index contributed by atoms with van der Waals surface area (Å²) in [7, 11) is 1.81. The molecule has 0 saturated heterocycles. The minimum atomic E-state index is -0.274. The van der Waals surface area contributed by atoms with Gasteiger partial charge in [0.2, 0.25) is 0 Å². The fraction of sp³-hybridized carbons (Fsp3) is 0.333. The van der Waals surface area contributed by atoms with E-state index >= 15 is 0 Å². The first-order valence-corrected chi connectivity index (χ1v) is 11.7. The van der Waals surface area contributed by atoms with E-state index in [2.05, 4.69) is 5.32 Å². The van der Waals surface area contributed by atoms with Crippen molar-refractivity contribution in [1.82, 2.24) is 14.9 Å². The first-order chi connectivity index (χ1) is 15.4. The van der Waals surface area contributed by atoms with Crippen LogP contribution in [0, 0.1) is 5.92 Å². The van der Waals surface area contributed by atoms with Crippen LogP contribution in [0.5, 0.6) is 0 Å². The van der Waals surface area contributed by atoms with Gasteiger partial charge in [-0.25, -0.2) is 4.98 Å². The summed E-state index contributed by atoms with van der Waals surface area (Å²) in [5, 5.41) is 14.4. The summed E-state index contributed by atoms with van der Waals surface area (Å²) < 4.78 is 1.77. The summed E-state index contributed by atoms with van der Waals surface area (Å²) in [4.78, 5) is 18.0. The number of amides is 1. The molecule has 5 nitrogen and oxygen atoms in total. The number of hydrogen-bond acceptors (Lipinski definition) is 3. The molecule has 8 heteroatoms. The van der Waals surface area contributed by atoms with Crippen molar-refractivity contribution in [3.8, 4) is 22.5 Å². The van der Waals surface area contributed by atoms with Gasteiger partial charge in [-0.05, 0) is 43.2 Å². The zero-order valence-electron chi connectivity index (χ0n) is 17.6. The number of carbonyl (C=O) groups excluding carboxylic acids is 1. The van der Waals surface area contributed by atoms with Crippen molar-refractivity contribution >= 4 is 40.7 Å². The van der Waals surface area contributed by atoms with Crippen LogP contribution in [0.4, 0.5) is 0 Å². The maximum Gasteiger partial charge on any atom is 0.287 e. The second-order valence-electron chi connectivity index (χ2n) is 8.13. The van der Waals surface area contributed by atoms with Crippen molar-refractivity contribution in [2.45, 2.75) is 31.7 Å². The predicted molar refractivity (Wildman–Crippen MR) is 129 cm³/mol. The summed E-state index contributed by atoms with van der Waals surface area (Å²) in [6.07, 6.45) is 3.86. The van der Waals surface area contributed by atoms with Crippen LogP contribution in [0.2, 0.25) is 15.1 Å². The van der Waals surface area contributed by atoms with E-state index in [1.54, 1.807) is 34.9 Å². The molecule has 1 fully saturated rings. The number of imidazole rings is 1. The molecule has 32 heavy (non-hydrogen) atoms. The van der Waals surface area contributed by atoms with Gasteiger partial charge in [-0.3, -0.25) is 4.79 Å². The highest BCUT2D eigenvalue weighted by atomic mass is 35.5. The lowest BCUT2D eigenvalue weighted by atomic mass is 9.85. The van der Waals surface area contributed by atoms with Crippen LogP contribution in [0.15, 0.2) is 42.5 Å². The van der Waals surface area contributed by atoms with Crippen molar-refractivity contribution in [3.05, 3.63) is 63.4 Å². The zero-order chi connectivity index (χ0) is 22.8. The molecule has 168 valence electrons. The average Bonchev–Trinajstić information content (AvgIpc) is 3.11. The summed E-state index contributed by atoms with van der Waals surface area (Å²) >= 11 is 18.7. The van der Waals surface area contributed by atoms with E-state index in [0.29, 0.717) is 26.3 Å². The minimum Gasteiger partial charge on any atom is -0.396 e. The number of aliphatic hydroxyl groups is 1. The van der Waals surface area contributed by atoms with Crippen molar-refractivity contribution in [3.63, 3.8) is 0 Å². The Morgan fingerprint density at radius 2 is 1.78 bits per heavy atom. The molecule has 1 saturated carbocycles. The van der Waals surface area contributed by atoms with Gasteiger partial charge in [-0.1, -0.05) is 59.8 Å². The highest BCUT2D eigenvalue weighted by molar-refractivity contribution is 6.36. The molecule has 1 aliphatic carbocycles. The molecule has 0 unspecified atom stereocenters. The molecule has 0 radical (unpaired) electrons. The number of hydrogen-bond donors (Lipinski definition) is 2. The van der Waals surface area contributed by atoms with Crippen LogP contribution >= 0.6 is 34.8 Å². The third kappa shape index (κ3) is 4.67. The topological polar surface area (TPSA) is 67.2 Å². The summed E-state index contributed by atoms with van der Waals surface area (Å²) in [5.74, 6) is 0.0662. The molecule has 1 heterocycles. The standard InChI is InChI=1S/C24H24Cl3N3O2/c1-30-22(14-6-8-16(25)9-7-14)21(18-11-10-17(26)12-19(18)27)29-23(30)24(32)28-20-5-3-2-4-15(20)13-31/h6-12,15,20,31H,2-5,13H2,1H3,(H,28,32)/t15-,20+/m0/s1. The highest BCUT2D eigenvalue weighted by Gasteiger charge is 2.29. The normalized spacial score (nSPS) is 18.5. The highest BCUT2D eigenvalue weighted by Crippen LogP contribution is 2.37. The first kappa shape index (κ1) is 23.1. The Labute approximate surface area is 202 Å². The average molecular weight is 493 g/mol. The number of aliphatic hydroxyl groups excluding tert-OH is 1. The molecule has 0 bridgehead atoms. The van der Waals surface area contributed by atoms with Gasteiger partial charge in [0.05, 0.1) is 16.4 Å².